The molecule has 7 nitrogen and oxygen atoms in total. The minimum Gasteiger partial charge on any atom is -0.367 e. The van der Waals surface area contributed by atoms with Gasteiger partial charge in [-0.2, -0.15) is 0 Å². The van der Waals surface area contributed by atoms with E-state index in [4.69, 9.17) is 9.97 Å². The zero-order valence-corrected chi connectivity index (χ0v) is 17.0. The van der Waals surface area contributed by atoms with Crippen molar-refractivity contribution in [3.05, 3.63) is 54.9 Å². The Kier molecular flexibility index (Phi) is 5.84. The van der Waals surface area contributed by atoms with Crippen LogP contribution in [0.4, 0.5) is 17.6 Å². The van der Waals surface area contributed by atoms with E-state index in [0.29, 0.717) is 6.04 Å². The second kappa shape index (κ2) is 8.86. The number of piperazine rings is 1. The normalized spacial score (nSPS) is 15.2. The van der Waals surface area contributed by atoms with E-state index < -0.39 is 0 Å². The van der Waals surface area contributed by atoms with Gasteiger partial charge in [0, 0.05) is 56.2 Å². The van der Waals surface area contributed by atoms with Gasteiger partial charge < -0.3 is 15.1 Å². The van der Waals surface area contributed by atoms with Crippen molar-refractivity contribution in [2.75, 3.05) is 41.3 Å². The van der Waals surface area contributed by atoms with Gasteiger partial charge in [0.1, 0.15) is 11.6 Å². The largest absolute Gasteiger partial charge is 0.367 e. The van der Waals surface area contributed by atoms with Crippen molar-refractivity contribution < 1.29 is 0 Å². The predicted molar refractivity (Wildman–Crippen MR) is 117 cm³/mol. The van der Waals surface area contributed by atoms with Crippen molar-refractivity contribution in [1.82, 2.24) is 19.9 Å². The molecule has 7 heteroatoms. The maximum Gasteiger partial charge on any atom is 0.225 e. The van der Waals surface area contributed by atoms with E-state index in [1.807, 2.05) is 24.3 Å². The summed E-state index contributed by atoms with van der Waals surface area (Å²) >= 11 is 0. The third kappa shape index (κ3) is 4.62. The van der Waals surface area contributed by atoms with E-state index in [9.17, 15) is 0 Å². The zero-order chi connectivity index (χ0) is 20.1. The summed E-state index contributed by atoms with van der Waals surface area (Å²) in [5.74, 6) is 3.37. The van der Waals surface area contributed by atoms with Crippen LogP contribution < -0.4 is 15.1 Å². The molecule has 0 spiro atoms. The van der Waals surface area contributed by atoms with Gasteiger partial charge in [-0.25, -0.2) is 19.9 Å². The summed E-state index contributed by atoms with van der Waals surface area (Å²) in [5.41, 5.74) is 1.03. The van der Waals surface area contributed by atoms with E-state index in [2.05, 4.69) is 57.1 Å². The lowest BCUT2D eigenvalue weighted by Gasteiger charge is -2.35. The molecule has 1 unspecified atom stereocenters. The minimum absolute atomic E-state index is 0.355. The Morgan fingerprint density at radius 1 is 0.931 bits per heavy atom. The molecule has 2 aromatic heterocycles. The first-order valence-corrected chi connectivity index (χ1v) is 10.2. The molecule has 0 bridgehead atoms. The van der Waals surface area contributed by atoms with Crippen LogP contribution in [0.2, 0.25) is 0 Å². The number of hydrogen-bond acceptors (Lipinski definition) is 7. The van der Waals surface area contributed by atoms with Crippen LogP contribution in [0.15, 0.2) is 54.9 Å². The summed E-state index contributed by atoms with van der Waals surface area (Å²) in [6, 6.07) is 14.4. The van der Waals surface area contributed by atoms with Crippen molar-refractivity contribution in [2.45, 2.75) is 26.3 Å². The summed E-state index contributed by atoms with van der Waals surface area (Å²) in [6.45, 7) is 7.80. The third-order valence-corrected chi connectivity index (χ3v) is 5.19. The molecule has 3 heterocycles. The van der Waals surface area contributed by atoms with Crippen molar-refractivity contribution >= 4 is 17.6 Å². The Morgan fingerprint density at radius 2 is 1.62 bits per heavy atom. The highest BCUT2D eigenvalue weighted by Gasteiger charge is 2.21. The highest BCUT2D eigenvalue weighted by Crippen LogP contribution is 2.24. The number of benzene rings is 1. The highest BCUT2D eigenvalue weighted by atomic mass is 15.3. The molecule has 1 N–H and O–H groups in total. The first-order chi connectivity index (χ1) is 14.2. The van der Waals surface area contributed by atoms with Crippen LogP contribution >= 0.6 is 0 Å². The van der Waals surface area contributed by atoms with Crippen LogP contribution in [0, 0.1) is 0 Å². The van der Waals surface area contributed by atoms with Gasteiger partial charge in [0.15, 0.2) is 5.82 Å². The predicted octanol–water partition coefficient (Wildman–Crippen LogP) is 3.47. The fourth-order valence-corrected chi connectivity index (χ4v) is 3.33. The van der Waals surface area contributed by atoms with Gasteiger partial charge in [-0.1, -0.05) is 37.3 Å². The summed E-state index contributed by atoms with van der Waals surface area (Å²) in [6.07, 6.45) is 4.62. The standard InChI is InChI=1S/C22H27N7/c1-3-17(2)25-19-16-20(27-21(26-19)18-8-5-4-6-9-18)28-12-14-29(15-13-28)22-23-10-7-11-24-22/h4-11,16-17H,3,12-15H2,1-2H3,(H,25,26,27). The molecule has 0 amide bonds. The van der Waals surface area contributed by atoms with Gasteiger partial charge in [0.05, 0.1) is 0 Å². The van der Waals surface area contributed by atoms with E-state index in [-0.39, 0.29) is 0 Å². The molecule has 1 aliphatic heterocycles. The molecular weight excluding hydrogens is 362 g/mol. The number of aromatic nitrogens is 4. The Bertz CT molecular complexity index is 909. The molecule has 1 saturated heterocycles. The van der Waals surface area contributed by atoms with E-state index >= 15 is 0 Å². The first kappa shape index (κ1) is 19.1. The molecule has 29 heavy (non-hydrogen) atoms. The fourth-order valence-electron chi connectivity index (χ4n) is 3.33. The number of nitrogens with one attached hydrogen (secondary N) is 1. The van der Waals surface area contributed by atoms with E-state index in [1.165, 1.54) is 0 Å². The molecular formula is C22H27N7. The highest BCUT2D eigenvalue weighted by molar-refractivity contribution is 5.62. The molecule has 1 fully saturated rings. The van der Waals surface area contributed by atoms with Gasteiger partial charge in [-0.15, -0.1) is 0 Å². The van der Waals surface area contributed by atoms with E-state index in [0.717, 1.165) is 61.6 Å². The molecule has 3 aromatic rings. The maximum atomic E-state index is 4.88. The minimum atomic E-state index is 0.355. The molecule has 0 radical (unpaired) electrons. The van der Waals surface area contributed by atoms with Crippen LogP contribution in [0.1, 0.15) is 20.3 Å². The fraction of sp³-hybridized carbons (Fsp3) is 0.364. The monoisotopic (exact) mass is 389 g/mol. The molecule has 1 aromatic carbocycles. The molecule has 1 aliphatic rings. The molecule has 0 aliphatic carbocycles. The average molecular weight is 390 g/mol. The Balaban J connectivity index is 1.57. The van der Waals surface area contributed by atoms with Crippen LogP contribution in [0.3, 0.4) is 0 Å². The number of rotatable bonds is 6. The summed E-state index contributed by atoms with van der Waals surface area (Å²) < 4.78 is 0. The van der Waals surface area contributed by atoms with Crippen LogP contribution in [-0.4, -0.2) is 52.2 Å². The Morgan fingerprint density at radius 3 is 2.31 bits per heavy atom. The average Bonchev–Trinajstić information content (AvgIpc) is 2.80. The first-order valence-electron chi connectivity index (χ1n) is 10.2. The summed E-state index contributed by atoms with van der Waals surface area (Å²) in [4.78, 5) is 22.9. The molecule has 1 atom stereocenters. The van der Waals surface area contributed by atoms with Crippen LogP contribution in [0.25, 0.3) is 11.4 Å². The Hall–Kier alpha value is -3.22. The number of anilines is 3. The zero-order valence-electron chi connectivity index (χ0n) is 17.0. The summed E-state index contributed by atoms with van der Waals surface area (Å²) in [5, 5.41) is 3.51. The Labute approximate surface area is 171 Å². The maximum absolute atomic E-state index is 4.88. The SMILES string of the molecule is CCC(C)Nc1cc(N2CCN(c3ncccn3)CC2)nc(-c2ccccc2)n1. The lowest BCUT2D eigenvalue weighted by molar-refractivity contribution is 0.634. The molecule has 4 rings (SSSR count). The van der Waals surface area contributed by atoms with Crippen molar-refractivity contribution in [1.29, 1.82) is 0 Å². The second-order valence-corrected chi connectivity index (χ2v) is 7.28. The number of nitrogens with zero attached hydrogens (tertiary/aromatic N) is 6. The number of hydrogen-bond donors (Lipinski definition) is 1. The van der Waals surface area contributed by atoms with Crippen LogP contribution in [0.5, 0.6) is 0 Å². The molecule has 150 valence electrons. The smallest absolute Gasteiger partial charge is 0.225 e. The van der Waals surface area contributed by atoms with Gasteiger partial charge >= 0.3 is 0 Å². The van der Waals surface area contributed by atoms with Crippen molar-refractivity contribution in [3.8, 4) is 11.4 Å². The van der Waals surface area contributed by atoms with Gasteiger partial charge in [0.25, 0.3) is 0 Å². The van der Waals surface area contributed by atoms with Crippen molar-refractivity contribution in [2.24, 2.45) is 0 Å². The van der Waals surface area contributed by atoms with Gasteiger partial charge in [0.2, 0.25) is 5.95 Å². The summed E-state index contributed by atoms with van der Waals surface area (Å²) in [7, 11) is 0. The van der Waals surface area contributed by atoms with E-state index in [1.54, 1.807) is 12.4 Å². The lowest BCUT2D eigenvalue weighted by Crippen LogP contribution is -2.47. The van der Waals surface area contributed by atoms with Gasteiger partial charge in [-0.05, 0) is 19.4 Å². The van der Waals surface area contributed by atoms with Crippen molar-refractivity contribution in [3.63, 3.8) is 0 Å². The lowest BCUT2D eigenvalue weighted by atomic mass is 10.2. The topological polar surface area (TPSA) is 70.1 Å². The van der Waals surface area contributed by atoms with Gasteiger partial charge in [-0.3, -0.25) is 0 Å². The quantitative estimate of drug-likeness (QED) is 0.692. The second-order valence-electron chi connectivity index (χ2n) is 7.28. The third-order valence-electron chi connectivity index (χ3n) is 5.19. The van der Waals surface area contributed by atoms with Crippen LogP contribution in [-0.2, 0) is 0 Å². The molecule has 0 saturated carbocycles.